The highest BCUT2D eigenvalue weighted by Crippen LogP contribution is 2.48. The van der Waals surface area contributed by atoms with E-state index in [1.807, 2.05) is 11.8 Å². The molecule has 0 amide bonds. The van der Waals surface area contributed by atoms with Gasteiger partial charge in [0.2, 0.25) is 0 Å². The fourth-order valence-electron chi connectivity index (χ4n) is 2.72. The molecule has 3 aromatic carbocycles. The van der Waals surface area contributed by atoms with Gasteiger partial charge >= 0.3 is 0 Å². The number of hydrogen-bond donors (Lipinski definition) is 0. The van der Waals surface area contributed by atoms with E-state index in [1.165, 1.54) is 26.7 Å². The lowest BCUT2D eigenvalue weighted by molar-refractivity contribution is 0.938. The van der Waals surface area contributed by atoms with Crippen molar-refractivity contribution in [2.24, 2.45) is 0 Å². The Morgan fingerprint density at radius 2 is 1.14 bits per heavy atom. The maximum Gasteiger partial charge on any atom is 0.0556 e. The Bertz CT molecular complexity index is 722. The number of anilines is 2. The molecule has 102 valence electrons. The Hall–Kier alpha value is -2.19. The number of fused-ring (bicyclic) bond motifs is 2. The van der Waals surface area contributed by atoms with Gasteiger partial charge in [-0.2, -0.15) is 0 Å². The first-order chi connectivity index (χ1) is 10.4. The molecule has 0 unspecified atom stereocenters. The highest BCUT2D eigenvalue weighted by Gasteiger charge is 2.22. The van der Waals surface area contributed by atoms with Crippen LogP contribution in [0.2, 0.25) is 0 Å². The molecule has 1 nitrogen and oxygen atoms in total. The van der Waals surface area contributed by atoms with Gasteiger partial charge in [0.25, 0.3) is 0 Å². The molecule has 1 heterocycles. The molecule has 21 heavy (non-hydrogen) atoms. The zero-order chi connectivity index (χ0) is 14.1. The van der Waals surface area contributed by atoms with Gasteiger partial charge in [-0.1, -0.05) is 66.4 Å². The lowest BCUT2D eigenvalue weighted by Gasteiger charge is -2.32. The smallest absolute Gasteiger partial charge is 0.0556 e. The van der Waals surface area contributed by atoms with Crippen molar-refractivity contribution in [1.29, 1.82) is 0 Å². The molecule has 3 aromatic rings. The fraction of sp³-hybridized carbons (Fsp3) is 0.0526. The molecule has 1 aliphatic heterocycles. The summed E-state index contributed by atoms with van der Waals surface area (Å²) in [7, 11) is 0. The van der Waals surface area contributed by atoms with E-state index in [4.69, 9.17) is 0 Å². The third kappa shape index (κ3) is 2.32. The molecular formula is C19H15NS. The van der Waals surface area contributed by atoms with Gasteiger partial charge in [0, 0.05) is 16.3 Å². The van der Waals surface area contributed by atoms with Crippen molar-refractivity contribution in [3.8, 4) is 0 Å². The van der Waals surface area contributed by atoms with Crippen LogP contribution in [-0.4, -0.2) is 0 Å². The molecule has 0 aliphatic carbocycles. The molecule has 0 atom stereocenters. The SMILES string of the molecule is c1ccc(CN2c3ccccc3Sc3ccccc32)cc1. The van der Waals surface area contributed by atoms with Crippen LogP contribution in [0.4, 0.5) is 11.4 Å². The predicted octanol–water partition coefficient (Wildman–Crippen LogP) is 5.49. The van der Waals surface area contributed by atoms with Crippen molar-refractivity contribution in [2.45, 2.75) is 16.3 Å². The van der Waals surface area contributed by atoms with Gasteiger partial charge in [0.05, 0.1) is 11.4 Å². The van der Waals surface area contributed by atoms with Crippen LogP contribution in [0, 0.1) is 0 Å². The second-order valence-corrected chi connectivity index (χ2v) is 6.19. The van der Waals surface area contributed by atoms with Gasteiger partial charge < -0.3 is 4.90 Å². The Balaban J connectivity index is 1.82. The van der Waals surface area contributed by atoms with Crippen molar-refractivity contribution in [1.82, 2.24) is 0 Å². The van der Waals surface area contributed by atoms with Crippen molar-refractivity contribution in [3.05, 3.63) is 84.4 Å². The van der Waals surface area contributed by atoms with Gasteiger partial charge in [-0.05, 0) is 29.8 Å². The molecule has 0 saturated carbocycles. The summed E-state index contributed by atoms with van der Waals surface area (Å²) in [5.74, 6) is 0. The minimum Gasteiger partial charge on any atom is -0.335 e. The molecule has 0 spiro atoms. The van der Waals surface area contributed by atoms with Crippen LogP contribution >= 0.6 is 11.8 Å². The van der Waals surface area contributed by atoms with Crippen LogP contribution in [0.25, 0.3) is 0 Å². The second kappa shape index (κ2) is 5.30. The number of benzene rings is 3. The molecule has 0 radical (unpaired) electrons. The van der Waals surface area contributed by atoms with E-state index in [1.54, 1.807) is 0 Å². The van der Waals surface area contributed by atoms with Gasteiger partial charge in [0.1, 0.15) is 0 Å². The predicted molar refractivity (Wildman–Crippen MR) is 89.3 cm³/mol. The lowest BCUT2D eigenvalue weighted by atomic mass is 10.1. The first kappa shape index (κ1) is 12.5. The van der Waals surface area contributed by atoms with Crippen molar-refractivity contribution in [2.75, 3.05) is 4.90 Å². The Morgan fingerprint density at radius 3 is 1.76 bits per heavy atom. The van der Waals surface area contributed by atoms with Crippen LogP contribution in [0.1, 0.15) is 5.56 Å². The lowest BCUT2D eigenvalue weighted by Crippen LogP contribution is -2.20. The van der Waals surface area contributed by atoms with Crippen molar-refractivity contribution >= 4 is 23.1 Å². The van der Waals surface area contributed by atoms with Crippen molar-refractivity contribution < 1.29 is 0 Å². The number of nitrogens with zero attached hydrogens (tertiary/aromatic N) is 1. The molecule has 0 bridgehead atoms. The average molecular weight is 289 g/mol. The van der Waals surface area contributed by atoms with Crippen LogP contribution in [0.3, 0.4) is 0 Å². The van der Waals surface area contributed by atoms with Gasteiger partial charge in [-0.3, -0.25) is 0 Å². The molecule has 1 aliphatic rings. The molecule has 0 fully saturated rings. The highest BCUT2D eigenvalue weighted by atomic mass is 32.2. The summed E-state index contributed by atoms with van der Waals surface area (Å²) in [6, 6.07) is 27.9. The summed E-state index contributed by atoms with van der Waals surface area (Å²) < 4.78 is 0. The quantitative estimate of drug-likeness (QED) is 0.613. The third-order valence-corrected chi connectivity index (χ3v) is 4.85. The molecule has 4 rings (SSSR count). The number of hydrogen-bond acceptors (Lipinski definition) is 2. The maximum absolute atomic E-state index is 2.41. The van der Waals surface area contributed by atoms with Crippen LogP contribution in [0.5, 0.6) is 0 Å². The first-order valence-corrected chi connectivity index (χ1v) is 7.91. The fourth-order valence-corrected chi connectivity index (χ4v) is 3.81. The minimum atomic E-state index is 0.898. The summed E-state index contributed by atoms with van der Waals surface area (Å²) in [6.45, 7) is 0.898. The van der Waals surface area contributed by atoms with E-state index in [9.17, 15) is 0 Å². The van der Waals surface area contributed by atoms with Gasteiger partial charge in [0.15, 0.2) is 0 Å². The van der Waals surface area contributed by atoms with Crippen LogP contribution < -0.4 is 4.90 Å². The summed E-state index contributed by atoms with van der Waals surface area (Å²) in [4.78, 5) is 5.07. The topological polar surface area (TPSA) is 3.24 Å². The molecule has 2 heteroatoms. The van der Waals surface area contributed by atoms with Crippen LogP contribution in [0.15, 0.2) is 88.7 Å². The normalized spacial score (nSPS) is 12.7. The molecule has 0 aromatic heterocycles. The Labute approximate surface area is 129 Å². The van der Waals surface area contributed by atoms with Gasteiger partial charge in [-0.15, -0.1) is 0 Å². The van der Waals surface area contributed by atoms with Crippen LogP contribution in [-0.2, 0) is 6.54 Å². The van der Waals surface area contributed by atoms with E-state index in [0.29, 0.717) is 0 Å². The standard InChI is InChI=1S/C19H15NS/c1-2-8-15(9-3-1)14-20-16-10-4-6-12-18(16)21-19-13-7-5-11-17(19)20/h1-13H,14H2. The van der Waals surface area contributed by atoms with E-state index < -0.39 is 0 Å². The number of para-hydroxylation sites is 2. The van der Waals surface area contributed by atoms with E-state index in [-0.39, 0.29) is 0 Å². The highest BCUT2D eigenvalue weighted by molar-refractivity contribution is 7.99. The zero-order valence-electron chi connectivity index (χ0n) is 11.6. The summed E-state index contributed by atoms with van der Waals surface area (Å²) >= 11 is 1.86. The maximum atomic E-state index is 2.41. The first-order valence-electron chi connectivity index (χ1n) is 7.09. The van der Waals surface area contributed by atoms with Crippen molar-refractivity contribution in [3.63, 3.8) is 0 Å². The van der Waals surface area contributed by atoms with Gasteiger partial charge in [-0.25, -0.2) is 0 Å². The second-order valence-electron chi connectivity index (χ2n) is 5.11. The minimum absolute atomic E-state index is 0.898. The summed E-state index contributed by atoms with van der Waals surface area (Å²) in [6.07, 6.45) is 0. The third-order valence-electron chi connectivity index (χ3n) is 3.72. The zero-order valence-corrected chi connectivity index (χ0v) is 12.4. The Kier molecular flexibility index (Phi) is 3.17. The monoisotopic (exact) mass is 289 g/mol. The summed E-state index contributed by atoms with van der Waals surface area (Å²) in [5, 5.41) is 0. The molecule has 0 N–H and O–H groups in total. The molecular weight excluding hydrogens is 274 g/mol. The average Bonchev–Trinajstić information content (AvgIpc) is 2.55. The summed E-state index contributed by atoms with van der Waals surface area (Å²) in [5.41, 5.74) is 3.92. The molecule has 0 saturated heterocycles. The largest absolute Gasteiger partial charge is 0.335 e. The number of rotatable bonds is 2. The Morgan fingerprint density at radius 1 is 0.619 bits per heavy atom. The van der Waals surface area contributed by atoms with E-state index >= 15 is 0 Å². The van der Waals surface area contributed by atoms with E-state index in [0.717, 1.165) is 6.54 Å². The van der Waals surface area contributed by atoms with E-state index in [2.05, 4.69) is 83.8 Å².